The number of rotatable bonds is 5. The quantitative estimate of drug-likeness (QED) is 0.562. The molecule has 0 saturated carbocycles. The van der Waals surface area contributed by atoms with Crippen molar-refractivity contribution in [2.45, 2.75) is 32.7 Å². The van der Waals surface area contributed by atoms with Crippen molar-refractivity contribution in [3.05, 3.63) is 58.4 Å². The number of thiazole rings is 1. The monoisotopic (exact) mass is 300 g/mol. The van der Waals surface area contributed by atoms with Gasteiger partial charge in [-0.25, -0.2) is 4.98 Å². The molecule has 0 aliphatic rings. The largest absolute Gasteiger partial charge is 0.297 e. The van der Waals surface area contributed by atoms with E-state index in [0.29, 0.717) is 0 Å². The van der Waals surface area contributed by atoms with Gasteiger partial charge in [0.25, 0.3) is 0 Å². The molecule has 0 radical (unpaired) electrons. The first-order chi connectivity index (χ1) is 10.2. The minimum Gasteiger partial charge on any atom is -0.297 e. The summed E-state index contributed by atoms with van der Waals surface area (Å²) >= 11 is 1.65. The summed E-state index contributed by atoms with van der Waals surface area (Å²) in [5, 5.41) is 2.04. The Morgan fingerprint density at radius 2 is 2.14 bits per heavy atom. The number of hydrazine groups is 1. The molecule has 0 saturated heterocycles. The van der Waals surface area contributed by atoms with Crippen molar-refractivity contribution in [3.8, 4) is 0 Å². The molecule has 2 heterocycles. The second kappa shape index (κ2) is 5.97. The molecule has 3 aromatic rings. The Labute approximate surface area is 128 Å². The van der Waals surface area contributed by atoms with Gasteiger partial charge in [-0.15, -0.1) is 11.3 Å². The lowest BCUT2D eigenvalue weighted by molar-refractivity contribution is 0.518. The van der Waals surface area contributed by atoms with E-state index in [1.165, 1.54) is 16.7 Å². The third kappa shape index (κ3) is 3.15. The van der Waals surface area contributed by atoms with Crippen molar-refractivity contribution in [3.63, 3.8) is 0 Å². The molecule has 5 heteroatoms. The molecule has 1 unspecified atom stereocenters. The van der Waals surface area contributed by atoms with Gasteiger partial charge in [0, 0.05) is 30.2 Å². The van der Waals surface area contributed by atoms with Crippen LogP contribution in [0.3, 0.4) is 0 Å². The molecule has 0 amide bonds. The number of aryl methyl sites for hydroxylation is 2. The molecule has 0 aliphatic heterocycles. The normalized spacial score (nSPS) is 12.9. The van der Waals surface area contributed by atoms with Crippen LogP contribution < -0.4 is 11.3 Å². The van der Waals surface area contributed by atoms with Crippen LogP contribution in [0.2, 0.25) is 0 Å². The van der Waals surface area contributed by atoms with Gasteiger partial charge in [-0.2, -0.15) is 0 Å². The lowest BCUT2D eigenvalue weighted by Crippen LogP contribution is -2.38. The number of nitrogens with zero attached hydrogens (tertiary/aromatic N) is 2. The molecule has 1 atom stereocenters. The molecule has 110 valence electrons. The summed E-state index contributed by atoms with van der Waals surface area (Å²) in [6.07, 6.45) is 5.85. The number of nitrogens with two attached hydrogens (primary N) is 1. The van der Waals surface area contributed by atoms with E-state index in [-0.39, 0.29) is 6.04 Å². The Hall–Kier alpha value is -1.69. The lowest BCUT2D eigenvalue weighted by Gasteiger charge is -2.15. The zero-order chi connectivity index (χ0) is 14.8. The van der Waals surface area contributed by atoms with Gasteiger partial charge >= 0.3 is 0 Å². The molecule has 1 aromatic carbocycles. The topological polar surface area (TPSA) is 55.3 Å². The highest BCUT2D eigenvalue weighted by Crippen LogP contribution is 2.15. The number of nitrogens with one attached hydrogen (secondary N) is 1. The summed E-state index contributed by atoms with van der Waals surface area (Å²) in [6, 6.07) is 6.78. The molecule has 0 aliphatic carbocycles. The summed E-state index contributed by atoms with van der Waals surface area (Å²) in [5.41, 5.74) is 7.96. The van der Waals surface area contributed by atoms with Crippen molar-refractivity contribution in [1.82, 2.24) is 14.8 Å². The standard InChI is InChI=1S/C16H20N4S/c1-11-3-4-13(7-12(11)2)8-14(19-17)9-15-10-20-5-6-21-16(20)18-15/h3-7,10,14,19H,8-9,17H2,1-2H3. The maximum atomic E-state index is 5.72. The van der Waals surface area contributed by atoms with Gasteiger partial charge in [-0.1, -0.05) is 18.2 Å². The Bertz CT molecular complexity index is 715. The number of benzene rings is 1. The highest BCUT2D eigenvalue weighted by molar-refractivity contribution is 7.15. The van der Waals surface area contributed by atoms with Crippen molar-refractivity contribution in [1.29, 1.82) is 0 Å². The molecule has 3 N–H and O–H groups in total. The van der Waals surface area contributed by atoms with Gasteiger partial charge in [-0.3, -0.25) is 15.7 Å². The first-order valence-electron chi connectivity index (χ1n) is 7.09. The molecule has 0 bridgehead atoms. The van der Waals surface area contributed by atoms with E-state index < -0.39 is 0 Å². The first-order valence-corrected chi connectivity index (χ1v) is 7.97. The zero-order valence-corrected chi connectivity index (χ0v) is 13.2. The number of hydrogen-bond donors (Lipinski definition) is 2. The molecule has 0 fully saturated rings. The number of imidazole rings is 1. The summed E-state index contributed by atoms with van der Waals surface area (Å²) in [7, 11) is 0. The predicted molar refractivity (Wildman–Crippen MR) is 87.5 cm³/mol. The number of aromatic nitrogens is 2. The van der Waals surface area contributed by atoms with Crippen LogP contribution in [0, 0.1) is 13.8 Å². The Morgan fingerprint density at radius 3 is 2.86 bits per heavy atom. The van der Waals surface area contributed by atoms with E-state index >= 15 is 0 Å². The SMILES string of the molecule is Cc1ccc(CC(Cc2cn3ccsc3n2)NN)cc1C. The maximum absolute atomic E-state index is 5.72. The van der Waals surface area contributed by atoms with Crippen LogP contribution in [-0.4, -0.2) is 15.4 Å². The average molecular weight is 300 g/mol. The van der Waals surface area contributed by atoms with Crippen LogP contribution in [-0.2, 0) is 12.8 Å². The summed E-state index contributed by atoms with van der Waals surface area (Å²) < 4.78 is 2.06. The van der Waals surface area contributed by atoms with Crippen molar-refractivity contribution < 1.29 is 0 Å². The highest BCUT2D eigenvalue weighted by atomic mass is 32.1. The fraction of sp³-hybridized carbons (Fsp3) is 0.312. The average Bonchev–Trinajstić information content (AvgIpc) is 3.03. The van der Waals surface area contributed by atoms with Crippen LogP contribution in [0.25, 0.3) is 4.96 Å². The third-order valence-electron chi connectivity index (χ3n) is 3.89. The van der Waals surface area contributed by atoms with E-state index in [9.17, 15) is 0 Å². The van der Waals surface area contributed by atoms with Gasteiger partial charge in [0.1, 0.15) is 0 Å². The second-order valence-electron chi connectivity index (χ2n) is 5.52. The van der Waals surface area contributed by atoms with E-state index in [0.717, 1.165) is 23.5 Å². The van der Waals surface area contributed by atoms with Crippen molar-refractivity contribution in [2.24, 2.45) is 5.84 Å². The second-order valence-corrected chi connectivity index (χ2v) is 6.39. The zero-order valence-electron chi connectivity index (χ0n) is 12.3. The molecule has 3 rings (SSSR count). The molecular weight excluding hydrogens is 280 g/mol. The summed E-state index contributed by atoms with van der Waals surface area (Å²) in [5.74, 6) is 5.72. The predicted octanol–water partition coefficient (Wildman–Crippen LogP) is 2.63. The van der Waals surface area contributed by atoms with Crippen LogP contribution >= 0.6 is 11.3 Å². The van der Waals surface area contributed by atoms with E-state index in [4.69, 9.17) is 5.84 Å². The van der Waals surface area contributed by atoms with E-state index in [1.807, 2.05) is 11.6 Å². The fourth-order valence-electron chi connectivity index (χ4n) is 2.53. The number of hydrogen-bond acceptors (Lipinski definition) is 4. The minimum atomic E-state index is 0.191. The van der Waals surface area contributed by atoms with Crippen molar-refractivity contribution in [2.75, 3.05) is 0 Å². The fourth-order valence-corrected chi connectivity index (χ4v) is 3.25. The first kappa shape index (κ1) is 14.3. The minimum absolute atomic E-state index is 0.191. The summed E-state index contributed by atoms with van der Waals surface area (Å²) in [4.78, 5) is 5.65. The van der Waals surface area contributed by atoms with Crippen molar-refractivity contribution >= 4 is 16.3 Å². The lowest BCUT2D eigenvalue weighted by atomic mass is 9.99. The molecule has 21 heavy (non-hydrogen) atoms. The molecule has 4 nitrogen and oxygen atoms in total. The number of fused-ring (bicyclic) bond motifs is 1. The Morgan fingerprint density at radius 1 is 1.29 bits per heavy atom. The molecule has 2 aromatic heterocycles. The van der Waals surface area contributed by atoms with Gasteiger partial charge < -0.3 is 0 Å². The van der Waals surface area contributed by atoms with Gasteiger partial charge in [0.2, 0.25) is 0 Å². The van der Waals surface area contributed by atoms with Crippen LogP contribution in [0.1, 0.15) is 22.4 Å². The van der Waals surface area contributed by atoms with Gasteiger partial charge in [-0.05, 0) is 37.0 Å². The van der Waals surface area contributed by atoms with Crippen LogP contribution in [0.4, 0.5) is 0 Å². The summed E-state index contributed by atoms with van der Waals surface area (Å²) in [6.45, 7) is 4.28. The molecular formula is C16H20N4S. The Kier molecular flexibility index (Phi) is 4.05. The van der Waals surface area contributed by atoms with Crippen LogP contribution in [0.5, 0.6) is 0 Å². The van der Waals surface area contributed by atoms with E-state index in [2.05, 4.69) is 53.1 Å². The maximum Gasteiger partial charge on any atom is 0.193 e. The highest BCUT2D eigenvalue weighted by Gasteiger charge is 2.12. The van der Waals surface area contributed by atoms with E-state index in [1.54, 1.807) is 11.3 Å². The third-order valence-corrected chi connectivity index (χ3v) is 4.66. The van der Waals surface area contributed by atoms with Gasteiger partial charge in [0.15, 0.2) is 4.96 Å². The molecule has 0 spiro atoms. The van der Waals surface area contributed by atoms with Crippen LogP contribution in [0.15, 0.2) is 36.0 Å². The smallest absolute Gasteiger partial charge is 0.193 e. The van der Waals surface area contributed by atoms with Gasteiger partial charge in [0.05, 0.1) is 5.69 Å². The Balaban J connectivity index is 1.72.